The molecule has 1 heterocycles. The lowest BCUT2D eigenvalue weighted by Crippen LogP contribution is -2.43. The van der Waals surface area contributed by atoms with E-state index in [1.165, 1.54) is 4.31 Å². The zero-order valence-electron chi connectivity index (χ0n) is 10.0. The van der Waals surface area contributed by atoms with E-state index in [0.29, 0.717) is 28.9 Å². The van der Waals surface area contributed by atoms with E-state index in [4.69, 9.17) is 11.6 Å². The average molecular weight is 353 g/mol. The van der Waals surface area contributed by atoms with E-state index < -0.39 is 10.0 Å². The van der Waals surface area contributed by atoms with Gasteiger partial charge in [0, 0.05) is 22.9 Å². The average Bonchev–Trinajstić information content (AvgIpc) is 2.33. The number of halogens is 2. The van der Waals surface area contributed by atoms with Crippen molar-refractivity contribution in [1.29, 1.82) is 0 Å². The highest BCUT2D eigenvalue weighted by Gasteiger charge is 2.32. The Balaban J connectivity index is 2.24. The van der Waals surface area contributed by atoms with Crippen molar-refractivity contribution in [2.24, 2.45) is 5.92 Å². The first-order valence-electron chi connectivity index (χ1n) is 5.81. The third-order valence-corrected chi connectivity index (χ3v) is 6.60. The molecule has 0 aromatic heterocycles. The number of piperidine rings is 1. The highest BCUT2D eigenvalue weighted by atomic mass is 79.9. The van der Waals surface area contributed by atoms with Crippen molar-refractivity contribution in [3.8, 4) is 0 Å². The van der Waals surface area contributed by atoms with Crippen LogP contribution < -0.4 is 0 Å². The number of rotatable bonds is 2. The van der Waals surface area contributed by atoms with E-state index in [9.17, 15) is 8.42 Å². The van der Waals surface area contributed by atoms with E-state index in [0.717, 1.165) is 6.42 Å². The second-order valence-electron chi connectivity index (χ2n) is 4.60. The van der Waals surface area contributed by atoms with Gasteiger partial charge in [-0.15, -0.1) is 0 Å². The Hall–Kier alpha value is -0.100. The molecule has 1 fully saturated rings. The maximum Gasteiger partial charge on any atom is 0.243 e. The van der Waals surface area contributed by atoms with Gasteiger partial charge in [0.15, 0.2) is 0 Å². The molecule has 2 rings (SSSR count). The third-order valence-electron chi connectivity index (χ3n) is 3.28. The van der Waals surface area contributed by atoms with Gasteiger partial charge in [-0.3, -0.25) is 0 Å². The van der Waals surface area contributed by atoms with Gasteiger partial charge in [-0.25, -0.2) is 8.42 Å². The van der Waals surface area contributed by atoms with Gasteiger partial charge in [-0.2, -0.15) is 4.31 Å². The van der Waals surface area contributed by atoms with E-state index in [1.54, 1.807) is 24.3 Å². The molecule has 0 bridgehead atoms. The minimum Gasteiger partial charge on any atom is -0.207 e. The van der Waals surface area contributed by atoms with Gasteiger partial charge in [0.2, 0.25) is 10.0 Å². The van der Waals surface area contributed by atoms with Crippen LogP contribution in [0, 0.1) is 5.92 Å². The van der Waals surface area contributed by atoms with Crippen LogP contribution in [0.15, 0.2) is 29.2 Å². The van der Waals surface area contributed by atoms with Crippen LogP contribution in [0.25, 0.3) is 0 Å². The lowest BCUT2D eigenvalue weighted by molar-refractivity contribution is 0.300. The quantitative estimate of drug-likeness (QED) is 0.767. The number of nitrogens with zero attached hydrogens (tertiary/aromatic N) is 1. The Labute approximate surface area is 121 Å². The van der Waals surface area contributed by atoms with Crippen molar-refractivity contribution in [2.45, 2.75) is 23.1 Å². The molecular formula is C12H15BrClNO2S. The summed E-state index contributed by atoms with van der Waals surface area (Å²) in [5.74, 6) is 0.502. The fraction of sp³-hybridized carbons (Fsp3) is 0.500. The largest absolute Gasteiger partial charge is 0.243 e. The van der Waals surface area contributed by atoms with E-state index in [1.807, 2.05) is 0 Å². The van der Waals surface area contributed by atoms with Crippen molar-refractivity contribution in [3.63, 3.8) is 0 Å². The van der Waals surface area contributed by atoms with E-state index in [2.05, 4.69) is 22.9 Å². The molecule has 100 valence electrons. The van der Waals surface area contributed by atoms with Crippen LogP contribution in [0.4, 0.5) is 0 Å². The highest BCUT2D eigenvalue weighted by molar-refractivity contribution is 9.09. The molecule has 2 unspecified atom stereocenters. The maximum absolute atomic E-state index is 12.4. The van der Waals surface area contributed by atoms with Crippen LogP contribution in [-0.4, -0.2) is 30.6 Å². The summed E-state index contributed by atoms with van der Waals surface area (Å²) >= 11 is 9.32. The third kappa shape index (κ3) is 2.90. The molecule has 1 saturated heterocycles. The molecule has 1 aliphatic rings. The van der Waals surface area contributed by atoms with Crippen LogP contribution in [0.3, 0.4) is 0 Å². The van der Waals surface area contributed by atoms with Crippen molar-refractivity contribution in [1.82, 2.24) is 4.31 Å². The Morgan fingerprint density at radius 3 is 2.50 bits per heavy atom. The van der Waals surface area contributed by atoms with Crippen LogP contribution in [-0.2, 0) is 10.0 Å². The van der Waals surface area contributed by atoms with Gasteiger partial charge in [0.05, 0.1) is 4.90 Å². The predicted octanol–water partition coefficient (Wildman–Crippen LogP) is 3.13. The first-order valence-corrected chi connectivity index (χ1v) is 8.54. The topological polar surface area (TPSA) is 37.4 Å². The first-order chi connectivity index (χ1) is 8.41. The van der Waals surface area contributed by atoms with Crippen molar-refractivity contribution >= 4 is 37.6 Å². The standard InChI is InChI=1S/C12H15BrClNO2S/c1-9-6-7-15(8-12(9)13)18(16,17)11-4-2-10(14)3-5-11/h2-5,9,12H,6-8H2,1H3. The van der Waals surface area contributed by atoms with Gasteiger partial charge in [0.25, 0.3) is 0 Å². The summed E-state index contributed by atoms with van der Waals surface area (Å²) in [6.07, 6.45) is 0.878. The summed E-state index contributed by atoms with van der Waals surface area (Å²) in [6, 6.07) is 6.32. The molecule has 2 atom stereocenters. The molecule has 3 nitrogen and oxygen atoms in total. The molecule has 6 heteroatoms. The van der Waals surface area contributed by atoms with Crippen molar-refractivity contribution < 1.29 is 8.42 Å². The second-order valence-corrected chi connectivity index (χ2v) is 8.15. The summed E-state index contributed by atoms with van der Waals surface area (Å²) < 4.78 is 26.4. The monoisotopic (exact) mass is 351 g/mol. The molecule has 0 radical (unpaired) electrons. The minimum atomic E-state index is -3.39. The van der Waals surface area contributed by atoms with Crippen LogP contribution in [0.1, 0.15) is 13.3 Å². The number of hydrogen-bond donors (Lipinski definition) is 0. The molecule has 0 spiro atoms. The van der Waals surface area contributed by atoms with Gasteiger partial charge in [-0.05, 0) is 36.6 Å². The summed E-state index contributed by atoms with van der Waals surface area (Å²) in [6.45, 7) is 3.23. The lowest BCUT2D eigenvalue weighted by atomic mass is 10.0. The zero-order valence-corrected chi connectivity index (χ0v) is 13.2. The van der Waals surface area contributed by atoms with Gasteiger partial charge in [-0.1, -0.05) is 34.5 Å². The fourth-order valence-corrected chi connectivity index (χ4v) is 4.38. The van der Waals surface area contributed by atoms with Crippen molar-refractivity contribution in [2.75, 3.05) is 13.1 Å². The Morgan fingerprint density at radius 1 is 1.33 bits per heavy atom. The molecule has 0 amide bonds. The minimum absolute atomic E-state index is 0.216. The number of sulfonamides is 1. The molecule has 1 aliphatic heterocycles. The van der Waals surface area contributed by atoms with Gasteiger partial charge in [0.1, 0.15) is 0 Å². The zero-order chi connectivity index (χ0) is 13.3. The van der Waals surface area contributed by atoms with E-state index in [-0.39, 0.29) is 4.83 Å². The number of alkyl halides is 1. The fourth-order valence-electron chi connectivity index (χ4n) is 1.97. The van der Waals surface area contributed by atoms with Gasteiger partial charge >= 0.3 is 0 Å². The summed E-state index contributed by atoms with van der Waals surface area (Å²) in [5.41, 5.74) is 0. The molecule has 1 aromatic rings. The summed E-state index contributed by atoms with van der Waals surface area (Å²) in [4.78, 5) is 0.523. The second kappa shape index (κ2) is 5.49. The molecule has 1 aromatic carbocycles. The first kappa shape index (κ1) is 14.3. The van der Waals surface area contributed by atoms with Gasteiger partial charge < -0.3 is 0 Å². The smallest absolute Gasteiger partial charge is 0.207 e. The normalized spacial score (nSPS) is 26.2. The highest BCUT2D eigenvalue weighted by Crippen LogP contribution is 2.28. The SMILES string of the molecule is CC1CCN(S(=O)(=O)c2ccc(Cl)cc2)CC1Br. The summed E-state index contributed by atoms with van der Waals surface area (Å²) in [5, 5.41) is 0.541. The number of benzene rings is 1. The van der Waals surface area contributed by atoms with Crippen molar-refractivity contribution in [3.05, 3.63) is 29.3 Å². The summed E-state index contributed by atoms with van der Waals surface area (Å²) in [7, 11) is -3.39. The number of hydrogen-bond acceptors (Lipinski definition) is 2. The predicted molar refractivity (Wildman–Crippen MR) is 76.7 cm³/mol. The lowest BCUT2D eigenvalue weighted by Gasteiger charge is -2.33. The molecule has 0 aliphatic carbocycles. The van der Waals surface area contributed by atoms with Crippen LogP contribution in [0.2, 0.25) is 5.02 Å². The Kier molecular flexibility index (Phi) is 4.36. The van der Waals surface area contributed by atoms with Crippen LogP contribution in [0.5, 0.6) is 0 Å². The Morgan fingerprint density at radius 2 is 1.94 bits per heavy atom. The van der Waals surface area contributed by atoms with E-state index >= 15 is 0 Å². The molecule has 18 heavy (non-hydrogen) atoms. The van der Waals surface area contributed by atoms with Crippen LogP contribution >= 0.6 is 27.5 Å². The molecule has 0 saturated carbocycles. The maximum atomic E-state index is 12.4. The molecule has 0 N–H and O–H groups in total. The molecular weight excluding hydrogens is 338 g/mol. The Bertz CT molecular complexity index is 517.